The molecule has 3 aromatic carbocycles. The van der Waals surface area contributed by atoms with Gasteiger partial charge in [0.25, 0.3) is 5.91 Å². The molecule has 4 heteroatoms. The standard InChI is InChI=1S/C25H28N2O2/c1-3-16-27(17-4-2)25(29)20-12-14-22(15-13-20)26-24(28)18-21-10-7-9-19-8-5-6-11-23(19)21/h5-15H,3-4,16-18H2,1-2H3,(H,26,28). The Kier molecular flexibility index (Phi) is 7.01. The van der Waals surface area contributed by atoms with E-state index in [2.05, 4.69) is 19.2 Å². The Bertz CT molecular complexity index is 968. The third-order valence-electron chi connectivity index (χ3n) is 4.92. The molecule has 4 nitrogen and oxygen atoms in total. The van der Waals surface area contributed by atoms with Crippen LogP contribution in [0.15, 0.2) is 66.7 Å². The van der Waals surface area contributed by atoms with Gasteiger partial charge in [0.1, 0.15) is 0 Å². The van der Waals surface area contributed by atoms with E-state index in [9.17, 15) is 9.59 Å². The van der Waals surface area contributed by atoms with Crippen molar-refractivity contribution in [2.24, 2.45) is 0 Å². The van der Waals surface area contributed by atoms with Gasteiger partial charge in [-0.15, -0.1) is 0 Å². The van der Waals surface area contributed by atoms with Gasteiger partial charge in [0.05, 0.1) is 6.42 Å². The molecule has 29 heavy (non-hydrogen) atoms. The van der Waals surface area contributed by atoms with Gasteiger partial charge in [0.15, 0.2) is 0 Å². The largest absolute Gasteiger partial charge is 0.339 e. The Morgan fingerprint density at radius 1 is 0.828 bits per heavy atom. The van der Waals surface area contributed by atoms with Gasteiger partial charge in [-0.1, -0.05) is 56.3 Å². The monoisotopic (exact) mass is 388 g/mol. The Morgan fingerprint density at radius 3 is 2.17 bits per heavy atom. The Morgan fingerprint density at radius 2 is 1.48 bits per heavy atom. The van der Waals surface area contributed by atoms with Gasteiger partial charge in [0.2, 0.25) is 5.91 Å². The van der Waals surface area contributed by atoms with Crippen LogP contribution in [-0.2, 0) is 11.2 Å². The van der Waals surface area contributed by atoms with Crippen LogP contribution in [0.4, 0.5) is 5.69 Å². The first-order valence-electron chi connectivity index (χ1n) is 10.3. The normalized spacial score (nSPS) is 10.7. The number of amides is 2. The van der Waals surface area contributed by atoms with Gasteiger partial charge in [-0.3, -0.25) is 9.59 Å². The third kappa shape index (κ3) is 5.23. The van der Waals surface area contributed by atoms with Crippen LogP contribution in [-0.4, -0.2) is 29.8 Å². The molecule has 0 aliphatic heterocycles. The Hall–Kier alpha value is -3.14. The molecule has 0 aliphatic carbocycles. The zero-order valence-electron chi connectivity index (χ0n) is 17.2. The molecular formula is C25H28N2O2. The van der Waals surface area contributed by atoms with Crippen LogP contribution in [0.1, 0.15) is 42.6 Å². The zero-order chi connectivity index (χ0) is 20.6. The van der Waals surface area contributed by atoms with Gasteiger partial charge < -0.3 is 10.2 Å². The molecule has 0 saturated heterocycles. The number of carbonyl (C=O) groups is 2. The first kappa shape index (κ1) is 20.6. The first-order chi connectivity index (χ1) is 14.1. The lowest BCUT2D eigenvalue weighted by atomic mass is 10.0. The molecule has 3 aromatic rings. The number of nitrogens with one attached hydrogen (secondary N) is 1. The minimum absolute atomic E-state index is 0.0438. The van der Waals surface area contributed by atoms with Gasteiger partial charge in [-0.05, 0) is 53.4 Å². The van der Waals surface area contributed by atoms with Crippen LogP contribution < -0.4 is 5.32 Å². The SMILES string of the molecule is CCCN(CCC)C(=O)c1ccc(NC(=O)Cc2cccc3ccccc23)cc1. The molecule has 0 aromatic heterocycles. The first-order valence-corrected chi connectivity index (χ1v) is 10.3. The summed E-state index contributed by atoms with van der Waals surface area (Å²) in [7, 11) is 0. The van der Waals surface area contributed by atoms with Crippen molar-refractivity contribution in [3.8, 4) is 0 Å². The van der Waals surface area contributed by atoms with E-state index in [1.807, 2.05) is 47.4 Å². The van der Waals surface area contributed by atoms with Gasteiger partial charge in [-0.25, -0.2) is 0 Å². The highest BCUT2D eigenvalue weighted by Gasteiger charge is 2.14. The summed E-state index contributed by atoms with van der Waals surface area (Å²) >= 11 is 0. The summed E-state index contributed by atoms with van der Waals surface area (Å²) in [6.45, 7) is 5.67. The lowest BCUT2D eigenvalue weighted by Crippen LogP contribution is -2.32. The summed E-state index contributed by atoms with van der Waals surface area (Å²) in [4.78, 5) is 27.1. The maximum atomic E-state index is 12.7. The van der Waals surface area contributed by atoms with Crippen LogP contribution in [0.5, 0.6) is 0 Å². The topological polar surface area (TPSA) is 49.4 Å². The number of rotatable bonds is 8. The summed E-state index contributed by atoms with van der Waals surface area (Å²) in [5.74, 6) is -0.0265. The predicted molar refractivity (Wildman–Crippen MR) is 119 cm³/mol. The fourth-order valence-corrected chi connectivity index (χ4v) is 3.56. The second kappa shape index (κ2) is 9.87. The third-order valence-corrected chi connectivity index (χ3v) is 4.92. The molecule has 0 heterocycles. The average molecular weight is 389 g/mol. The summed E-state index contributed by atoms with van der Waals surface area (Å²) < 4.78 is 0. The minimum atomic E-state index is -0.0703. The average Bonchev–Trinajstić information content (AvgIpc) is 2.74. The highest BCUT2D eigenvalue weighted by Crippen LogP contribution is 2.20. The molecule has 1 N–H and O–H groups in total. The molecule has 150 valence electrons. The quantitative estimate of drug-likeness (QED) is 0.570. The smallest absolute Gasteiger partial charge is 0.253 e. The number of fused-ring (bicyclic) bond motifs is 1. The van der Waals surface area contributed by atoms with Crippen molar-refractivity contribution in [1.29, 1.82) is 0 Å². The van der Waals surface area contributed by atoms with Crippen molar-refractivity contribution >= 4 is 28.3 Å². The van der Waals surface area contributed by atoms with Crippen molar-refractivity contribution < 1.29 is 9.59 Å². The van der Waals surface area contributed by atoms with E-state index in [-0.39, 0.29) is 11.8 Å². The second-order valence-electron chi connectivity index (χ2n) is 7.23. The zero-order valence-corrected chi connectivity index (χ0v) is 17.2. The van der Waals surface area contributed by atoms with Gasteiger partial charge in [0, 0.05) is 24.3 Å². The van der Waals surface area contributed by atoms with Crippen molar-refractivity contribution in [3.05, 3.63) is 77.9 Å². The fourth-order valence-electron chi connectivity index (χ4n) is 3.56. The van der Waals surface area contributed by atoms with Gasteiger partial charge in [-0.2, -0.15) is 0 Å². The van der Waals surface area contributed by atoms with E-state index in [0.29, 0.717) is 17.7 Å². The molecule has 0 aliphatic rings. The Balaban J connectivity index is 1.66. The highest BCUT2D eigenvalue weighted by atomic mass is 16.2. The van der Waals surface area contributed by atoms with Crippen LogP contribution >= 0.6 is 0 Å². The maximum absolute atomic E-state index is 12.7. The van der Waals surface area contributed by atoms with Crippen LogP contribution in [0, 0.1) is 0 Å². The fraction of sp³-hybridized carbons (Fsp3) is 0.280. The number of anilines is 1. The van der Waals surface area contributed by atoms with E-state index in [4.69, 9.17) is 0 Å². The molecule has 0 radical (unpaired) electrons. The van der Waals surface area contributed by atoms with Crippen LogP contribution in [0.3, 0.4) is 0 Å². The lowest BCUT2D eigenvalue weighted by molar-refractivity contribution is -0.115. The number of hydrogen-bond donors (Lipinski definition) is 1. The van der Waals surface area contributed by atoms with E-state index in [1.54, 1.807) is 24.3 Å². The molecule has 0 atom stereocenters. The van der Waals surface area contributed by atoms with E-state index in [1.165, 1.54) is 0 Å². The molecule has 0 unspecified atom stereocenters. The van der Waals surface area contributed by atoms with Gasteiger partial charge >= 0.3 is 0 Å². The molecule has 0 bridgehead atoms. The van der Waals surface area contributed by atoms with Crippen molar-refractivity contribution in [2.45, 2.75) is 33.1 Å². The second-order valence-corrected chi connectivity index (χ2v) is 7.23. The van der Waals surface area contributed by atoms with Crippen molar-refractivity contribution in [3.63, 3.8) is 0 Å². The summed E-state index contributed by atoms with van der Waals surface area (Å²) in [5.41, 5.74) is 2.35. The molecule has 0 saturated carbocycles. The number of benzene rings is 3. The Labute approximate surface area is 172 Å². The highest BCUT2D eigenvalue weighted by molar-refractivity contribution is 5.97. The summed E-state index contributed by atoms with van der Waals surface area (Å²) in [6.07, 6.45) is 2.19. The molecule has 0 spiro atoms. The molecular weight excluding hydrogens is 360 g/mol. The van der Waals surface area contributed by atoms with Crippen molar-refractivity contribution in [1.82, 2.24) is 4.90 Å². The maximum Gasteiger partial charge on any atom is 0.253 e. The number of hydrogen-bond acceptors (Lipinski definition) is 2. The van der Waals surface area contributed by atoms with Crippen LogP contribution in [0.2, 0.25) is 0 Å². The molecule has 0 fully saturated rings. The predicted octanol–water partition coefficient (Wildman–Crippen LogP) is 5.28. The lowest BCUT2D eigenvalue weighted by Gasteiger charge is -2.21. The molecule has 3 rings (SSSR count). The van der Waals surface area contributed by atoms with E-state index in [0.717, 1.165) is 42.3 Å². The molecule has 2 amide bonds. The van der Waals surface area contributed by atoms with Crippen molar-refractivity contribution in [2.75, 3.05) is 18.4 Å². The summed E-state index contributed by atoms with van der Waals surface area (Å²) in [6, 6.07) is 21.2. The van der Waals surface area contributed by atoms with E-state index < -0.39 is 0 Å². The van der Waals surface area contributed by atoms with Crippen LogP contribution in [0.25, 0.3) is 10.8 Å². The van der Waals surface area contributed by atoms with E-state index >= 15 is 0 Å². The number of nitrogens with zero attached hydrogens (tertiary/aromatic N) is 1. The summed E-state index contributed by atoms with van der Waals surface area (Å²) in [5, 5.41) is 5.16. The number of carbonyl (C=O) groups excluding carboxylic acids is 2. The minimum Gasteiger partial charge on any atom is -0.339 e.